The number of fused-ring (bicyclic) bond motifs is 3. The number of hydrogen-bond acceptors (Lipinski definition) is 6. The van der Waals surface area contributed by atoms with E-state index in [9.17, 15) is 9.59 Å². The van der Waals surface area contributed by atoms with Gasteiger partial charge in [-0.1, -0.05) is 23.7 Å². The summed E-state index contributed by atoms with van der Waals surface area (Å²) in [7, 11) is 0. The molecule has 7 nitrogen and oxygen atoms in total. The minimum atomic E-state index is -0.0540. The van der Waals surface area contributed by atoms with E-state index in [1.807, 2.05) is 12.1 Å². The highest BCUT2D eigenvalue weighted by Crippen LogP contribution is 2.33. The maximum atomic E-state index is 12.7. The molecule has 0 atom stereocenters. The normalized spacial score (nSPS) is 16.8. The highest BCUT2D eigenvalue weighted by Gasteiger charge is 2.24. The summed E-state index contributed by atoms with van der Waals surface area (Å²) < 4.78 is 5.58. The Morgan fingerprint density at radius 2 is 1.94 bits per heavy atom. The number of ether oxygens (including phenoxy) is 1. The molecular weight excluding hydrogens is 448 g/mol. The zero-order valence-electron chi connectivity index (χ0n) is 17.7. The minimum Gasteiger partial charge on any atom is -0.482 e. The Bertz CT molecular complexity index is 1200. The van der Waals surface area contributed by atoms with E-state index in [1.54, 1.807) is 28.4 Å². The van der Waals surface area contributed by atoms with Crippen LogP contribution in [0.3, 0.4) is 0 Å². The van der Waals surface area contributed by atoms with Crippen LogP contribution in [0.25, 0.3) is 10.2 Å². The van der Waals surface area contributed by atoms with Gasteiger partial charge in [0.05, 0.1) is 17.0 Å². The van der Waals surface area contributed by atoms with Gasteiger partial charge in [-0.2, -0.15) is 0 Å². The first kappa shape index (κ1) is 21.4. The van der Waals surface area contributed by atoms with Gasteiger partial charge in [-0.05, 0) is 43.4 Å². The fourth-order valence-corrected chi connectivity index (χ4v) is 5.91. The smallest absolute Gasteiger partial charge is 0.260 e. The number of aromatic amines is 1. The van der Waals surface area contributed by atoms with E-state index in [2.05, 4.69) is 9.88 Å². The molecule has 0 unspecified atom stereocenters. The van der Waals surface area contributed by atoms with Gasteiger partial charge in [0, 0.05) is 31.1 Å². The average molecular weight is 473 g/mol. The highest BCUT2D eigenvalue weighted by atomic mass is 35.5. The van der Waals surface area contributed by atoms with E-state index in [4.69, 9.17) is 21.3 Å². The lowest BCUT2D eigenvalue weighted by Crippen LogP contribution is -2.49. The number of amides is 1. The lowest BCUT2D eigenvalue weighted by atomic mass is 9.97. The number of hydrogen-bond donors (Lipinski definition) is 1. The number of nitrogens with one attached hydrogen (secondary N) is 1. The molecule has 32 heavy (non-hydrogen) atoms. The van der Waals surface area contributed by atoms with Crippen LogP contribution in [0.5, 0.6) is 5.75 Å². The van der Waals surface area contributed by atoms with Crippen molar-refractivity contribution in [3.63, 3.8) is 0 Å². The fraction of sp³-hybridized carbons (Fsp3) is 0.435. The SMILES string of the molecule is O=C(COc1ccccc1Cl)N1CCN(Cc2nc3sc4c(c3c(=O)[nH]2)CCCC4)CC1. The Morgan fingerprint density at radius 3 is 2.75 bits per heavy atom. The van der Waals surface area contributed by atoms with Crippen molar-refractivity contribution < 1.29 is 9.53 Å². The lowest BCUT2D eigenvalue weighted by molar-refractivity contribution is -0.135. The van der Waals surface area contributed by atoms with Gasteiger partial charge in [0.2, 0.25) is 0 Å². The van der Waals surface area contributed by atoms with E-state index < -0.39 is 0 Å². The van der Waals surface area contributed by atoms with Gasteiger partial charge < -0.3 is 14.6 Å². The van der Waals surface area contributed by atoms with Crippen LogP contribution >= 0.6 is 22.9 Å². The maximum Gasteiger partial charge on any atom is 0.260 e. The number of halogens is 1. The monoisotopic (exact) mass is 472 g/mol. The molecule has 2 aromatic heterocycles. The van der Waals surface area contributed by atoms with E-state index in [-0.39, 0.29) is 18.1 Å². The number of aryl methyl sites for hydroxylation is 2. The Kier molecular flexibility index (Phi) is 6.17. The van der Waals surface area contributed by atoms with Crippen molar-refractivity contribution in [1.82, 2.24) is 19.8 Å². The van der Waals surface area contributed by atoms with E-state index in [0.717, 1.165) is 42.6 Å². The minimum absolute atomic E-state index is 0.0186. The largest absolute Gasteiger partial charge is 0.482 e. The summed E-state index contributed by atoms with van der Waals surface area (Å²) in [5.74, 6) is 1.16. The van der Waals surface area contributed by atoms with Gasteiger partial charge in [0.15, 0.2) is 6.61 Å². The number of piperazine rings is 1. The first-order valence-electron chi connectivity index (χ1n) is 11.0. The van der Waals surface area contributed by atoms with E-state index in [0.29, 0.717) is 36.2 Å². The van der Waals surface area contributed by atoms with Crippen molar-refractivity contribution >= 4 is 39.1 Å². The molecule has 1 aliphatic carbocycles. The third kappa shape index (κ3) is 4.40. The molecule has 1 aromatic carbocycles. The van der Waals surface area contributed by atoms with Crippen LogP contribution in [0.1, 0.15) is 29.1 Å². The van der Waals surface area contributed by atoms with Crippen LogP contribution < -0.4 is 10.3 Å². The average Bonchev–Trinajstić information content (AvgIpc) is 3.17. The Labute approximate surface area is 195 Å². The molecule has 0 radical (unpaired) electrons. The standard InChI is InChI=1S/C23H25ClN4O3S/c24-16-6-2-3-7-17(16)31-14-20(29)28-11-9-27(10-12-28)13-19-25-22(30)21-15-5-1-4-8-18(15)32-23(21)26-19/h2-3,6-7H,1,4-5,8-14H2,(H,25,26,30). The molecule has 5 rings (SSSR count). The molecule has 1 amide bonds. The van der Waals surface area contributed by atoms with Crippen LogP contribution in [0, 0.1) is 0 Å². The molecule has 168 valence electrons. The van der Waals surface area contributed by atoms with Crippen molar-refractivity contribution in [3.05, 3.63) is 55.9 Å². The molecule has 1 N–H and O–H groups in total. The summed E-state index contributed by atoms with van der Waals surface area (Å²) >= 11 is 7.75. The summed E-state index contributed by atoms with van der Waals surface area (Å²) in [5.41, 5.74) is 1.19. The first-order valence-corrected chi connectivity index (χ1v) is 12.2. The molecule has 3 aromatic rings. The van der Waals surface area contributed by atoms with E-state index >= 15 is 0 Å². The van der Waals surface area contributed by atoms with Crippen LogP contribution in [0.15, 0.2) is 29.1 Å². The molecular formula is C23H25ClN4O3S. The van der Waals surface area contributed by atoms with Crippen LogP contribution in [-0.4, -0.2) is 58.5 Å². The van der Waals surface area contributed by atoms with Crippen molar-refractivity contribution in [2.24, 2.45) is 0 Å². The highest BCUT2D eigenvalue weighted by molar-refractivity contribution is 7.18. The van der Waals surface area contributed by atoms with Crippen molar-refractivity contribution in [1.29, 1.82) is 0 Å². The number of carbonyl (C=O) groups excluding carboxylic acids is 1. The number of aromatic nitrogens is 2. The molecule has 3 heterocycles. The van der Waals surface area contributed by atoms with Crippen LogP contribution in [-0.2, 0) is 24.2 Å². The molecule has 1 fully saturated rings. The Morgan fingerprint density at radius 1 is 1.16 bits per heavy atom. The molecule has 0 saturated carbocycles. The predicted molar refractivity (Wildman–Crippen MR) is 126 cm³/mol. The summed E-state index contributed by atoms with van der Waals surface area (Å²) in [6, 6.07) is 7.14. The molecule has 0 bridgehead atoms. The summed E-state index contributed by atoms with van der Waals surface area (Å²) in [6.45, 7) is 3.22. The third-order valence-electron chi connectivity index (χ3n) is 6.16. The summed E-state index contributed by atoms with van der Waals surface area (Å²) in [6.07, 6.45) is 4.38. The van der Waals surface area contributed by atoms with Gasteiger partial charge in [0.25, 0.3) is 11.5 Å². The maximum absolute atomic E-state index is 12.7. The summed E-state index contributed by atoms with van der Waals surface area (Å²) in [5, 5.41) is 1.29. The Balaban J connectivity index is 1.18. The summed E-state index contributed by atoms with van der Waals surface area (Å²) in [4.78, 5) is 39.2. The van der Waals surface area contributed by atoms with Gasteiger partial charge in [0.1, 0.15) is 16.4 Å². The lowest BCUT2D eigenvalue weighted by Gasteiger charge is -2.34. The van der Waals surface area contributed by atoms with Crippen molar-refractivity contribution in [2.75, 3.05) is 32.8 Å². The number of thiophene rings is 1. The van der Waals surface area contributed by atoms with Gasteiger partial charge >= 0.3 is 0 Å². The Hall–Kier alpha value is -2.42. The quantitative estimate of drug-likeness (QED) is 0.616. The number of rotatable bonds is 5. The molecule has 9 heteroatoms. The van der Waals surface area contributed by atoms with Crippen molar-refractivity contribution in [3.8, 4) is 5.75 Å². The molecule has 1 saturated heterocycles. The second-order valence-electron chi connectivity index (χ2n) is 8.28. The van der Waals surface area contributed by atoms with Gasteiger partial charge in [-0.25, -0.2) is 4.98 Å². The number of H-pyrrole nitrogens is 1. The molecule has 0 spiro atoms. The second-order valence-corrected chi connectivity index (χ2v) is 9.77. The number of nitrogens with zero attached hydrogens (tertiary/aromatic N) is 3. The number of para-hydroxylation sites is 1. The fourth-order valence-electron chi connectivity index (χ4n) is 4.44. The van der Waals surface area contributed by atoms with Gasteiger partial charge in [-0.3, -0.25) is 14.5 Å². The third-order valence-corrected chi connectivity index (χ3v) is 7.66. The van der Waals surface area contributed by atoms with Crippen LogP contribution in [0.4, 0.5) is 0 Å². The van der Waals surface area contributed by atoms with E-state index in [1.165, 1.54) is 16.9 Å². The second kappa shape index (κ2) is 9.21. The number of carbonyl (C=O) groups is 1. The molecule has 1 aliphatic heterocycles. The van der Waals surface area contributed by atoms with Crippen LogP contribution in [0.2, 0.25) is 5.02 Å². The first-order chi connectivity index (χ1) is 15.6. The zero-order valence-corrected chi connectivity index (χ0v) is 19.3. The predicted octanol–water partition coefficient (Wildman–Crippen LogP) is 3.24. The van der Waals surface area contributed by atoms with Gasteiger partial charge in [-0.15, -0.1) is 11.3 Å². The number of benzene rings is 1. The van der Waals surface area contributed by atoms with Crippen molar-refractivity contribution in [2.45, 2.75) is 32.2 Å². The molecule has 2 aliphatic rings. The topological polar surface area (TPSA) is 78.5 Å². The zero-order chi connectivity index (χ0) is 22.1.